The van der Waals surface area contributed by atoms with E-state index < -0.39 is 12.1 Å². The van der Waals surface area contributed by atoms with Crippen molar-refractivity contribution in [1.82, 2.24) is 15.5 Å². The molecule has 1 saturated carbocycles. The summed E-state index contributed by atoms with van der Waals surface area (Å²) >= 11 is 0. The van der Waals surface area contributed by atoms with Crippen LogP contribution in [-0.4, -0.2) is 42.1 Å². The first-order chi connectivity index (χ1) is 14.4. The lowest BCUT2D eigenvalue weighted by Crippen LogP contribution is -2.45. The topological polar surface area (TPSA) is 56.7 Å². The molecule has 30 heavy (non-hydrogen) atoms. The Morgan fingerprint density at radius 3 is 2.33 bits per heavy atom. The summed E-state index contributed by atoms with van der Waals surface area (Å²) in [6, 6.07) is 8.11. The first kappa shape index (κ1) is 22.4. The quantitative estimate of drug-likeness (QED) is 0.413. The van der Waals surface area contributed by atoms with Crippen molar-refractivity contribution in [2.45, 2.75) is 70.8 Å². The van der Waals surface area contributed by atoms with E-state index in [-0.39, 0.29) is 24.8 Å². The van der Waals surface area contributed by atoms with Crippen molar-refractivity contribution in [2.24, 2.45) is 10.9 Å². The van der Waals surface area contributed by atoms with Gasteiger partial charge in [0.2, 0.25) is 5.91 Å². The van der Waals surface area contributed by atoms with Gasteiger partial charge in [-0.25, -0.2) is 0 Å². The molecule has 0 atom stereocenters. The zero-order valence-electron chi connectivity index (χ0n) is 17.5. The van der Waals surface area contributed by atoms with Gasteiger partial charge in [-0.3, -0.25) is 9.79 Å². The zero-order valence-corrected chi connectivity index (χ0v) is 17.5. The van der Waals surface area contributed by atoms with E-state index in [0.717, 1.165) is 0 Å². The molecule has 2 aliphatic rings. The molecule has 1 aromatic rings. The Morgan fingerprint density at radius 1 is 1.13 bits per heavy atom. The minimum absolute atomic E-state index is 0.00568. The van der Waals surface area contributed by atoms with Gasteiger partial charge in [0.15, 0.2) is 5.96 Å². The molecule has 0 bridgehead atoms. The van der Waals surface area contributed by atoms with Crippen LogP contribution in [0.25, 0.3) is 0 Å². The van der Waals surface area contributed by atoms with Crippen LogP contribution in [0.1, 0.15) is 56.6 Å². The fraction of sp³-hybridized carbons (Fsp3) is 0.636. The Morgan fingerprint density at radius 2 is 1.77 bits per heavy atom. The molecule has 8 heteroatoms. The number of alkyl halides is 3. The number of nitrogens with zero attached hydrogens (tertiary/aromatic N) is 2. The Balaban J connectivity index is 1.40. The summed E-state index contributed by atoms with van der Waals surface area (Å²) in [5.74, 6) is -0.434. The highest BCUT2D eigenvalue weighted by atomic mass is 19.4. The van der Waals surface area contributed by atoms with Crippen LogP contribution in [0.5, 0.6) is 0 Å². The van der Waals surface area contributed by atoms with E-state index in [4.69, 9.17) is 0 Å². The molecule has 1 heterocycles. The second-order valence-electron chi connectivity index (χ2n) is 8.12. The summed E-state index contributed by atoms with van der Waals surface area (Å²) in [6.07, 6.45) is -1.71. The van der Waals surface area contributed by atoms with E-state index in [1.807, 2.05) is 24.0 Å². The van der Waals surface area contributed by atoms with E-state index in [9.17, 15) is 18.0 Å². The van der Waals surface area contributed by atoms with E-state index in [1.54, 1.807) is 0 Å². The summed E-state index contributed by atoms with van der Waals surface area (Å²) in [5.41, 5.74) is 2.42. The SMILES string of the molecule is CCNC(=NCCCC(=O)N1Cc2ccccc2C1)NC1CCC(C(F)(F)F)CC1. The minimum Gasteiger partial charge on any atom is -0.357 e. The van der Waals surface area contributed by atoms with Crippen LogP contribution in [0, 0.1) is 5.92 Å². The summed E-state index contributed by atoms with van der Waals surface area (Å²) in [5, 5.41) is 6.41. The Hall–Kier alpha value is -2.25. The number of nitrogens with one attached hydrogen (secondary N) is 2. The van der Waals surface area contributed by atoms with Crippen molar-refractivity contribution < 1.29 is 18.0 Å². The lowest BCUT2D eigenvalue weighted by molar-refractivity contribution is -0.182. The van der Waals surface area contributed by atoms with Crippen LogP contribution < -0.4 is 10.6 Å². The highest BCUT2D eigenvalue weighted by Crippen LogP contribution is 2.37. The molecule has 0 spiro atoms. The number of halogens is 3. The number of guanidine groups is 1. The molecule has 0 unspecified atom stereocenters. The van der Waals surface area contributed by atoms with Crippen molar-refractivity contribution >= 4 is 11.9 Å². The number of fused-ring (bicyclic) bond motifs is 1. The first-order valence-corrected chi connectivity index (χ1v) is 10.8. The van der Waals surface area contributed by atoms with Gasteiger partial charge in [-0.05, 0) is 50.2 Å². The molecular formula is C22H31F3N4O. The Labute approximate surface area is 176 Å². The highest BCUT2D eigenvalue weighted by Gasteiger charge is 2.41. The van der Waals surface area contributed by atoms with Crippen LogP contribution in [-0.2, 0) is 17.9 Å². The molecule has 0 aromatic heterocycles. The maximum atomic E-state index is 12.8. The Kier molecular flexibility index (Phi) is 7.61. The molecule has 5 nitrogen and oxygen atoms in total. The first-order valence-electron chi connectivity index (χ1n) is 10.8. The van der Waals surface area contributed by atoms with Crippen molar-refractivity contribution in [2.75, 3.05) is 13.1 Å². The number of benzene rings is 1. The summed E-state index contributed by atoms with van der Waals surface area (Å²) in [4.78, 5) is 18.9. The van der Waals surface area contributed by atoms with Gasteiger partial charge in [0, 0.05) is 38.6 Å². The van der Waals surface area contributed by atoms with Crippen molar-refractivity contribution in [1.29, 1.82) is 0 Å². The lowest BCUT2D eigenvalue weighted by Gasteiger charge is -2.31. The van der Waals surface area contributed by atoms with Crippen LogP contribution >= 0.6 is 0 Å². The monoisotopic (exact) mass is 424 g/mol. The molecule has 0 saturated heterocycles. The number of rotatable bonds is 6. The lowest BCUT2D eigenvalue weighted by atomic mass is 9.85. The third-order valence-electron chi connectivity index (χ3n) is 5.89. The van der Waals surface area contributed by atoms with Crippen LogP contribution in [0.15, 0.2) is 29.3 Å². The third-order valence-corrected chi connectivity index (χ3v) is 5.89. The molecule has 1 aliphatic carbocycles. The number of aliphatic imine (C=N–C) groups is 1. The van der Waals surface area contributed by atoms with Gasteiger partial charge in [0.05, 0.1) is 5.92 Å². The maximum Gasteiger partial charge on any atom is 0.391 e. The number of hydrogen-bond donors (Lipinski definition) is 2. The molecule has 0 radical (unpaired) electrons. The number of amides is 1. The smallest absolute Gasteiger partial charge is 0.357 e. The van der Waals surface area contributed by atoms with Gasteiger partial charge in [-0.1, -0.05) is 24.3 Å². The van der Waals surface area contributed by atoms with Crippen molar-refractivity contribution in [3.05, 3.63) is 35.4 Å². The molecular weight excluding hydrogens is 393 g/mol. The number of carbonyl (C=O) groups excluding carboxylic acids is 1. The largest absolute Gasteiger partial charge is 0.391 e. The maximum absolute atomic E-state index is 12.8. The molecule has 1 aliphatic heterocycles. The fourth-order valence-corrected chi connectivity index (χ4v) is 4.17. The molecule has 2 N–H and O–H groups in total. The van der Waals surface area contributed by atoms with Gasteiger partial charge >= 0.3 is 6.18 Å². The molecule has 1 aromatic carbocycles. The predicted octanol–water partition coefficient (Wildman–Crippen LogP) is 3.99. The highest BCUT2D eigenvalue weighted by molar-refractivity contribution is 5.80. The normalized spacial score (nSPS) is 22.0. The summed E-state index contributed by atoms with van der Waals surface area (Å²) < 4.78 is 38.5. The number of carbonyl (C=O) groups is 1. The molecule has 1 fully saturated rings. The third kappa shape index (κ3) is 6.12. The minimum atomic E-state index is -4.09. The van der Waals surface area contributed by atoms with Crippen molar-refractivity contribution in [3.63, 3.8) is 0 Å². The molecule has 166 valence electrons. The van der Waals surface area contributed by atoms with Crippen LogP contribution in [0.4, 0.5) is 13.2 Å². The number of hydrogen-bond acceptors (Lipinski definition) is 2. The second kappa shape index (κ2) is 10.2. The van der Waals surface area contributed by atoms with E-state index in [0.29, 0.717) is 57.8 Å². The van der Waals surface area contributed by atoms with Crippen molar-refractivity contribution in [3.8, 4) is 0 Å². The summed E-state index contributed by atoms with van der Waals surface area (Å²) in [6.45, 7) is 4.47. The van der Waals surface area contributed by atoms with Gasteiger partial charge in [-0.2, -0.15) is 13.2 Å². The molecule has 3 rings (SSSR count). The van der Waals surface area contributed by atoms with E-state index in [1.165, 1.54) is 11.1 Å². The van der Waals surface area contributed by atoms with E-state index in [2.05, 4.69) is 27.8 Å². The zero-order chi connectivity index (χ0) is 21.6. The van der Waals surface area contributed by atoms with Crippen LogP contribution in [0.2, 0.25) is 0 Å². The predicted molar refractivity (Wildman–Crippen MR) is 111 cm³/mol. The Bertz CT molecular complexity index is 717. The fourth-order valence-electron chi connectivity index (χ4n) is 4.17. The average Bonchev–Trinajstić information content (AvgIpc) is 3.15. The summed E-state index contributed by atoms with van der Waals surface area (Å²) in [7, 11) is 0. The van der Waals surface area contributed by atoms with Gasteiger partial charge in [0.25, 0.3) is 0 Å². The van der Waals surface area contributed by atoms with Crippen LogP contribution in [0.3, 0.4) is 0 Å². The van der Waals surface area contributed by atoms with Gasteiger partial charge < -0.3 is 15.5 Å². The molecule has 1 amide bonds. The second-order valence-corrected chi connectivity index (χ2v) is 8.12. The van der Waals surface area contributed by atoms with E-state index >= 15 is 0 Å². The van der Waals surface area contributed by atoms with Gasteiger partial charge in [0.1, 0.15) is 0 Å². The van der Waals surface area contributed by atoms with Gasteiger partial charge in [-0.15, -0.1) is 0 Å². The standard InChI is InChI=1S/C22H31F3N4O/c1-2-26-21(28-19-11-9-18(10-12-19)22(23,24)25)27-13-5-8-20(30)29-14-16-6-3-4-7-17(16)15-29/h3-4,6-7,18-19H,2,5,8-15H2,1H3,(H2,26,27,28). The average molecular weight is 425 g/mol.